The van der Waals surface area contributed by atoms with Crippen LogP contribution in [0.1, 0.15) is 17.4 Å². The molecule has 0 saturated heterocycles. The molecule has 4 rings (SSSR count). The van der Waals surface area contributed by atoms with Crippen LogP contribution in [0.2, 0.25) is 0 Å². The van der Waals surface area contributed by atoms with Gasteiger partial charge in [-0.15, -0.1) is 0 Å². The first-order valence-corrected chi connectivity index (χ1v) is 6.37. The van der Waals surface area contributed by atoms with Crippen molar-refractivity contribution in [2.75, 3.05) is 5.32 Å². The molecular formula is C14H10FN5O. The first-order valence-electron chi connectivity index (χ1n) is 6.37. The lowest BCUT2D eigenvalue weighted by Gasteiger charge is -2.21. The van der Waals surface area contributed by atoms with Gasteiger partial charge in [0.25, 0.3) is 0 Å². The van der Waals surface area contributed by atoms with Gasteiger partial charge in [0, 0.05) is 5.70 Å². The lowest BCUT2D eigenvalue weighted by atomic mass is 10.1. The van der Waals surface area contributed by atoms with Crippen molar-refractivity contribution in [1.29, 1.82) is 0 Å². The lowest BCUT2D eigenvalue weighted by Crippen LogP contribution is -2.19. The highest BCUT2D eigenvalue weighted by molar-refractivity contribution is 5.76. The molecule has 0 aliphatic carbocycles. The quantitative estimate of drug-likeness (QED) is 0.782. The van der Waals surface area contributed by atoms with Crippen LogP contribution < -0.4 is 5.32 Å². The molecule has 1 aliphatic heterocycles. The third-order valence-corrected chi connectivity index (χ3v) is 3.32. The highest BCUT2D eigenvalue weighted by Gasteiger charge is 2.25. The van der Waals surface area contributed by atoms with E-state index in [2.05, 4.69) is 20.8 Å². The Labute approximate surface area is 118 Å². The van der Waals surface area contributed by atoms with E-state index in [4.69, 9.17) is 4.42 Å². The van der Waals surface area contributed by atoms with E-state index >= 15 is 0 Å². The zero-order chi connectivity index (χ0) is 14.2. The van der Waals surface area contributed by atoms with E-state index in [0.717, 1.165) is 17.0 Å². The Hall–Kier alpha value is -2.96. The van der Waals surface area contributed by atoms with Crippen LogP contribution in [0.25, 0.3) is 5.70 Å². The van der Waals surface area contributed by atoms with Gasteiger partial charge in [0.1, 0.15) is 17.6 Å². The summed E-state index contributed by atoms with van der Waals surface area (Å²) in [5.41, 5.74) is 1.65. The first kappa shape index (κ1) is 11.8. The lowest BCUT2D eigenvalue weighted by molar-refractivity contribution is 0.443. The van der Waals surface area contributed by atoms with Gasteiger partial charge < -0.3 is 9.73 Å². The Kier molecular flexibility index (Phi) is 2.56. The summed E-state index contributed by atoms with van der Waals surface area (Å²) in [4.78, 5) is 0. The second-order valence-corrected chi connectivity index (χ2v) is 4.62. The smallest absolute Gasteiger partial charge is 0.248 e. The van der Waals surface area contributed by atoms with Crippen LogP contribution in [0.15, 0.2) is 53.2 Å². The number of rotatable bonds is 2. The minimum absolute atomic E-state index is 0.244. The Morgan fingerprint density at radius 2 is 2.05 bits per heavy atom. The normalized spacial score (nSPS) is 17.0. The van der Waals surface area contributed by atoms with Crippen molar-refractivity contribution in [1.82, 2.24) is 20.2 Å². The molecule has 1 aromatic carbocycles. The minimum Gasteiger partial charge on any atom is -0.467 e. The topological polar surface area (TPSA) is 68.8 Å². The minimum atomic E-state index is -0.275. The van der Waals surface area contributed by atoms with Crippen molar-refractivity contribution in [3.63, 3.8) is 0 Å². The molecule has 0 bridgehead atoms. The van der Waals surface area contributed by atoms with Crippen molar-refractivity contribution in [3.05, 3.63) is 65.9 Å². The number of furan rings is 1. The van der Waals surface area contributed by atoms with Gasteiger partial charge in [-0.1, -0.05) is 5.10 Å². The molecule has 0 fully saturated rings. The molecule has 1 aliphatic rings. The molecule has 3 aromatic rings. The van der Waals surface area contributed by atoms with Crippen molar-refractivity contribution in [2.45, 2.75) is 6.04 Å². The van der Waals surface area contributed by atoms with Crippen molar-refractivity contribution in [3.8, 4) is 0 Å². The zero-order valence-electron chi connectivity index (χ0n) is 10.8. The maximum Gasteiger partial charge on any atom is 0.248 e. The van der Waals surface area contributed by atoms with Gasteiger partial charge in [-0.2, -0.15) is 4.68 Å². The number of halogens is 1. The van der Waals surface area contributed by atoms with Crippen LogP contribution in [0, 0.1) is 5.82 Å². The Morgan fingerprint density at radius 3 is 2.81 bits per heavy atom. The molecule has 0 saturated carbocycles. The molecule has 21 heavy (non-hydrogen) atoms. The van der Waals surface area contributed by atoms with Gasteiger partial charge in [-0.3, -0.25) is 0 Å². The van der Waals surface area contributed by atoms with Gasteiger partial charge in [-0.05, 0) is 58.5 Å². The van der Waals surface area contributed by atoms with Gasteiger partial charge in [0.15, 0.2) is 0 Å². The molecular weight excluding hydrogens is 273 g/mol. The predicted molar refractivity (Wildman–Crippen MR) is 72.7 cm³/mol. The summed E-state index contributed by atoms with van der Waals surface area (Å²) in [5.74, 6) is 0.963. The summed E-state index contributed by atoms with van der Waals surface area (Å²) in [6.07, 6.45) is 3.54. The van der Waals surface area contributed by atoms with Crippen LogP contribution in [-0.2, 0) is 0 Å². The Balaban J connectivity index is 1.80. The second kappa shape index (κ2) is 4.55. The van der Waals surface area contributed by atoms with E-state index in [1.807, 2.05) is 18.2 Å². The second-order valence-electron chi connectivity index (χ2n) is 4.62. The number of fused-ring (bicyclic) bond motifs is 1. The summed E-state index contributed by atoms with van der Waals surface area (Å²) in [5, 5.41) is 14.7. The number of anilines is 1. The highest BCUT2D eigenvalue weighted by Crippen LogP contribution is 2.31. The van der Waals surface area contributed by atoms with Crippen molar-refractivity contribution in [2.24, 2.45) is 0 Å². The number of hydrogen-bond donors (Lipinski definition) is 1. The fourth-order valence-corrected chi connectivity index (χ4v) is 2.31. The standard InChI is InChI=1S/C14H10FN5O/c15-10-5-3-9(4-6-10)11-8-12(13-2-1-7-21-13)20-14(16-11)17-18-19-20/h1-8,12H,(H,16,17,19)/t12-/m0/s1. The number of benzene rings is 1. The third-order valence-electron chi connectivity index (χ3n) is 3.32. The Bertz CT molecular complexity index is 791. The van der Waals surface area contributed by atoms with Crippen LogP contribution >= 0.6 is 0 Å². The van der Waals surface area contributed by atoms with Gasteiger partial charge >= 0.3 is 0 Å². The van der Waals surface area contributed by atoms with Crippen LogP contribution in [-0.4, -0.2) is 20.2 Å². The molecule has 6 nitrogen and oxygen atoms in total. The van der Waals surface area contributed by atoms with Gasteiger partial charge in [0.2, 0.25) is 5.95 Å². The number of hydrogen-bond acceptors (Lipinski definition) is 5. The summed E-state index contributed by atoms with van der Waals surface area (Å²) >= 11 is 0. The summed E-state index contributed by atoms with van der Waals surface area (Å²) in [7, 11) is 0. The molecule has 1 N–H and O–H groups in total. The van der Waals surface area contributed by atoms with E-state index in [1.54, 1.807) is 23.1 Å². The number of nitrogens with zero attached hydrogens (tertiary/aromatic N) is 4. The van der Waals surface area contributed by atoms with Gasteiger partial charge in [0.05, 0.1) is 6.26 Å². The first-order chi connectivity index (χ1) is 10.3. The summed E-state index contributed by atoms with van der Waals surface area (Å²) < 4.78 is 20.1. The number of allylic oxidation sites excluding steroid dienone is 1. The molecule has 1 atom stereocenters. The molecule has 104 valence electrons. The van der Waals surface area contributed by atoms with Crippen molar-refractivity contribution < 1.29 is 8.81 Å². The van der Waals surface area contributed by atoms with E-state index in [9.17, 15) is 4.39 Å². The number of nitrogens with one attached hydrogen (secondary N) is 1. The molecule has 0 amide bonds. The predicted octanol–water partition coefficient (Wildman–Crippen LogP) is 2.46. The van der Waals surface area contributed by atoms with Crippen LogP contribution in [0.4, 0.5) is 10.3 Å². The zero-order valence-corrected chi connectivity index (χ0v) is 10.8. The van der Waals surface area contributed by atoms with Crippen LogP contribution in [0.5, 0.6) is 0 Å². The largest absolute Gasteiger partial charge is 0.467 e. The van der Waals surface area contributed by atoms with Crippen molar-refractivity contribution >= 4 is 11.6 Å². The highest BCUT2D eigenvalue weighted by atomic mass is 19.1. The molecule has 0 spiro atoms. The number of tetrazole rings is 1. The fraction of sp³-hybridized carbons (Fsp3) is 0.0714. The van der Waals surface area contributed by atoms with E-state index in [1.165, 1.54) is 12.1 Å². The monoisotopic (exact) mass is 283 g/mol. The van der Waals surface area contributed by atoms with E-state index in [-0.39, 0.29) is 11.9 Å². The maximum atomic E-state index is 13.1. The van der Waals surface area contributed by atoms with Gasteiger partial charge in [-0.25, -0.2) is 4.39 Å². The summed E-state index contributed by atoms with van der Waals surface area (Å²) in [6.45, 7) is 0. The molecule has 3 heterocycles. The molecule has 0 radical (unpaired) electrons. The Morgan fingerprint density at radius 1 is 1.19 bits per heavy atom. The maximum absolute atomic E-state index is 13.1. The molecule has 0 unspecified atom stereocenters. The fourth-order valence-electron chi connectivity index (χ4n) is 2.31. The summed E-state index contributed by atoms with van der Waals surface area (Å²) in [6, 6.07) is 9.66. The average Bonchev–Trinajstić information content (AvgIpc) is 3.18. The van der Waals surface area contributed by atoms with E-state index in [0.29, 0.717) is 5.95 Å². The average molecular weight is 283 g/mol. The molecule has 2 aromatic heterocycles. The third kappa shape index (κ3) is 1.99. The van der Waals surface area contributed by atoms with E-state index < -0.39 is 0 Å². The SMILES string of the molecule is Fc1ccc(C2=C[C@@H](c3ccco3)n3nnnc3N2)cc1. The number of aromatic nitrogens is 4. The molecule has 7 heteroatoms. The van der Waals surface area contributed by atoms with Crippen LogP contribution in [0.3, 0.4) is 0 Å².